The van der Waals surface area contributed by atoms with E-state index in [0.717, 1.165) is 12.8 Å². The highest BCUT2D eigenvalue weighted by molar-refractivity contribution is 5.99. The van der Waals surface area contributed by atoms with Crippen LogP contribution in [0.2, 0.25) is 0 Å². The third-order valence-corrected chi connectivity index (χ3v) is 7.67. The average Bonchev–Trinajstić information content (AvgIpc) is 3.61. The summed E-state index contributed by atoms with van der Waals surface area (Å²) in [6, 6.07) is 13.5. The molecule has 3 aliphatic heterocycles. The van der Waals surface area contributed by atoms with E-state index in [4.69, 9.17) is 14.2 Å². The van der Waals surface area contributed by atoms with E-state index in [9.17, 15) is 14.4 Å². The van der Waals surface area contributed by atoms with Crippen LogP contribution in [-0.2, 0) is 9.53 Å². The van der Waals surface area contributed by atoms with Gasteiger partial charge in [-0.3, -0.25) is 19.3 Å². The van der Waals surface area contributed by atoms with Crippen LogP contribution in [0, 0.1) is 0 Å². The topological polar surface area (TPSA) is 88.6 Å². The van der Waals surface area contributed by atoms with Gasteiger partial charge in [-0.25, -0.2) is 0 Å². The van der Waals surface area contributed by atoms with E-state index in [1.807, 2.05) is 23.1 Å². The average molecular weight is 508 g/mol. The molecule has 196 valence electrons. The van der Waals surface area contributed by atoms with Crippen LogP contribution in [0.15, 0.2) is 48.5 Å². The van der Waals surface area contributed by atoms with Crippen molar-refractivity contribution in [3.05, 3.63) is 59.7 Å². The maximum atomic E-state index is 13.8. The predicted molar refractivity (Wildman–Crippen MR) is 136 cm³/mol. The Hall–Kier alpha value is -3.59. The molecule has 3 heterocycles. The van der Waals surface area contributed by atoms with Crippen LogP contribution in [0.5, 0.6) is 11.5 Å². The molecule has 0 radical (unpaired) electrons. The van der Waals surface area contributed by atoms with Crippen molar-refractivity contribution in [2.75, 3.05) is 47.0 Å². The first-order valence-electron chi connectivity index (χ1n) is 12.8. The van der Waals surface area contributed by atoms with Crippen molar-refractivity contribution in [1.29, 1.82) is 0 Å². The summed E-state index contributed by atoms with van der Waals surface area (Å²) >= 11 is 0. The highest BCUT2D eigenvalue weighted by Crippen LogP contribution is 2.40. The van der Waals surface area contributed by atoms with E-state index in [2.05, 4.69) is 0 Å². The van der Waals surface area contributed by atoms with E-state index in [0.29, 0.717) is 61.6 Å². The van der Waals surface area contributed by atoms with Crippen molar-refractivity contribution >= 4 is 17.7 Å². The number of carbonyl (C=O) groups is 3. The summed E-state index contributed by atoms with van der Waals surface area (Å²) in [6.45, 7) is 2.39. The Labute approximate surface area is 216 Å². The number of carbonyl (C=O) groups excluding carboxylic acids is 3. The summed E-state index contributed by atoms with van der Waals surface area (Å²) in [4.78, 5) is 45.8. The Bertz CT molecular complexity index is 1160. The monoisotopic (exact) mass is 507 g/mol. The molecule has 5 rings (SSSR count). The SMILES string of the molecule is COc1ccc(C(=O)N2CCC3(CC2)OC[C@@H](C(=O)N2CCCC2)N3C(=O)c2ccccc2)cc1OC. The molecule has 0 bridgehead atoms. The van der Waals surface area contributed by atoms with Gasteiger partial charge in [-0.05, 0) is 43.2 Å². The fourth-order valence-electron chi connectivity index (χ4n) is 5.63. The minimum Gasteiger partial charge on any atom is -0.493 e. The van der Waals surface area contributed by atoms with Crippen LogP contribution in [0.3, 0.4) is 0 Å². The predicted octanol–water partition coefficient (Wildman–Crippen LogP) is 2.80. The van der Waals surface area contributed by atoms with Gasteiger partial charge in [0.1, 0.15) is 11.8 Å². The van der Waals surface area contributed by atoms with Crippen molar-refractivity contribution in [2.24, 2.45) is 0 Å². The molecule has 1 spiro atoms. The number of methoxy groups -OCH3 is 2. The minimum atomic E-state index is -0.929. The second kappa shape index (κ2) is 10.4. The van der Waals surface area contributed by atoms with Gasteiger partial charge in [0.15, 0.2) is 11.5 Å². The number of ether oxygens (including phenoxy) is 3. The van der Waals surface area contributed by atoms with Gasteiger partial charge >= 0.3 is 0 Å². The molecule has 9 heteroatoms. The number of benzene rings is 2. The number of likely N-dealkylation sites (tertiary alicyclic amines) is 2. The molecule has 3 saturated heterocycles. The van der Waals surface area contributed by atoms with Crippen molar-refractivity contribution in [2.45, 2.75) is 37.5 Å². The Morgan fingerprint density at radius 1 is 0.811 bits per heavy atom. The number of nitrogens with zero attached hydrogens (tertiary/aromatic N) is 3. The van der Waals surface area contributed by atoms with E-state index in [1.165, 1.54) is 7.11 Å². The lowest BCUT2D eigenvalue weighted by atomic mass is 9.96. The number of rotatable bonds is 5. The number of hydrogen-bond donors (Lipinski definition) is 0. The molecule has 3 fully saturated rings. The molecule has 0 N–H and O–H groups in total. The molecule has 2 aromatic rings. The molecular weight excluding hydrogens is 474 g/mol. The van der Waals surface area contributed by atoms with Gasteiger partial charge in [0.05, 0.1) is 20.8 Å². The Morgan fingerprint density at radius 3 is 2.14 bits per heavy atom. The summed E-state index contributed by atoms with van der Waals surface area (Å²) in [5.74, 6) is 0.654. The summed E-state index contributed by atoms with van der Waals surface area (Å²) in [6.07, 6.45) is 2.80. The number of piperidine rings is 1. The lowest BCUT2D eigenvalue weighted by Crippen LogP contribution is -2.60. The van der Waals surface area contributed by atoms with Gasteiger partial charge < -0.3 is 24.0 Å². The van der Waals surface area contributed by atoms with Gasteiger partial charge in [0.2, 0.25) is 5.91 Å². The highest BCUT2D eigenvalue weighted by Gasteiger charge is 2.55. The van der Waals surface area contributed by atoms with Gasteiger partial charge in [0.25, 0.3) is 11.8 Å². The second-order valence-electron chi connectivity index (χ2n) is 9.71. The van der Waals surface area contributed by atoms with E-state index >= 15 is 0 Å². The van der Waals surface area contributed by atoms with Crippen molar-refractivity contribution in [3.63, 3.8) is 0 Å². The smallest absolute Gasteiger partial charge is 0.256 e. The highest BCUT2D eigenvalue weighted by atomic mass is 16.5. The summed E-state index contributed by atoms with van der Waals surface area (Å²) in [5, 5.41) is 0. The number of hydrogen-bond acceptors (Lipinski definition) is 6. The molecule has 9 nitrogen and oxygen atoms in total. The summed E-state index contributed by atoms with van der Waals surface area (Å²) in [5.41, 5.74) is 0.0946. The Morgan fingerprint density at radius 2 is 1.49 bits per heavy atom. The van der Waals surface area contributed by atoms with Gasteiger partial charge in [0, 0.05) is 50.1 Å². The van der Waals surface area contributed by atoms with Crippen molar-refractivity contribution in [1.82, 2.24) is 14.7 Å². The largest absolute Gasteiger partial charge is 0.493 e. The van der Waals surface area contributed by atoms with Crippen LogP contribution in [-0.4, -0.2) is 91.2 Å². The minimum absolute atomic E-state index is 0.0533. The molecule has 3 amide bonds. The lowest BCUT2D eigenvalue weighted by Gasteiger charge is -2.44. The van der Waals surface area contributed by atoms with Crippen LogP contribution in [0.1, 0.15) is 46.4 Å². The van der Waals surface area contributed by atoms with Crippen LogP contribution in [0.25, 0.3) is 0 Å². The first-order valence-corrected chi connectivity index (χ1v) is 12.8. The normalized spacial score (nSPS) is 20.8. The molecule has 0 saturated carbocycles. The van der Waals surface area contributed by atoms with Crippen LogP contribution < -0.4 is 9.47 Å². The maximum absolute atomic E-state index is 13.8. The van der Waals surface area contributed by atoms with Gasteiger partial charge in [-0.15, -0.1) is 0 Å². The van der Waals surface area contributed by atoms with Gasteiger partial charge in [-0.2, -0.15) is 0 Å². The van der Waals surface area contributed by atoms with E-state index in [-0.39, 0.29) is 24.3 Å². The Kier molecular flexibility index (Phi) is 7.06. The zero-order chi connectivity index (χ0) is 26.0. The maximum Gasteiger partial charge on any atom is 0.256 e. The molecule has 1 atom stereocenters. The summed E-state index contributed by atoms with van der Waals surface area (Å²) < 4.78 is 16.9. The first-order chi connectivity index (χ1) is 18.0. The molecule has 2 aromatic carbocycles. The zero-order valence-corrected chi connectivity index (χ0v) is 21.4. The fourth-order valence-corrected chi connectivity index (χ4v) is 5.63. The molecular formula is C28H33N3O6. The second-order valence-corrected chi connectivity index (χ2v) is 9.71. The Balaban J connectivity index is 1.37. The number of amides is 3. The molecule has 3 aliphatic rings. The zero-order valence-electron chi connectivity index (χ0n) is 21.4. The van der Waals surface area contributed by atoms with Crippen molar-refractivity contribution < 1.29 is 28.6 Å². The van der Waals surface area contributed by atoms with Gasteiger partial charge in [-0.1, -0.05) is 18.2 Å². The standard InChI is InChI=1S/C28H33N3O6/c1-35-23-11-10-21(18-24(23)36-2)25(32)30-16-12-28(13-17-30)31(26(33)20-8-4-3-5-9-20)22(19-37-28)27(34)29-14-6-7-15-29/h3-5,8-11,18,22H,6-7,12-17,19H2,1-2H3/t22-/m0/s1. The molecule has 0 aromatic heterocycles. The van der Waals surface area contributed by atoms with E-state index in [1.54, 1.807) is 47.2 Å². The first kappa shape index (κ1) is 25.1. The molecule has 0 aliphatic carbocycles. The molecule has 37 heavy (non-hydrogen) atoms. The van der Waals surface area contributed by atoms with Crippen LogP contribution >= 0.6 is 0 Å². The quantitative estimate of drug-likeness (QED) is 0.619. The lowest BCUT2D eigenvalue weighted by molar-refractivity contribution is -0.136. The molecule has 0 unspecified atom stereocenters. The summed E-state index contributed by atoms with van der Waals surface area (Å²) in [7, 11) is 3.08. The van der Waals surface area contributed by atoms with Crippen molar-refractivity contribution in [3.8, 4) is 11.5 Å². The van der Waals surface area contributed by atoms with Crippen LogP contribution in [0.4, 0.5) is 0 Å². The fraction of sp³-hybridized carbons (Fsp3) is 0.464. The third-order valence-electron chi connectivity index (χ3n) is 7.67. The van der Waals surface area contributed by atoms with E-state index < -0.39 is 11.8 Å². The third kappa shape index (κ3) is 4.64.